The summed E-state index contributed by atoms with van der Waals surface area (Å²) in [5.74, 6) is 0.654. The van der Waals surface area contributed by atoms with Crippen molar-refractivity contribution in [3.63, 3.8) is 0 Å². The van der Waals surface area contributed by atoms with E-state index in [9.17, 15) is 4.79 Å². The Morgan fingerprint density at radius 3 is 2.68 bits per heavy atom. The summed E-state index contributed by atoms with van der Waals surface area (Å²) in [7, 11) is 1.71. The van der Waals surface area contributed by atoms with Gasteiger partial charge in [0.1, 0.15) is 0 Å². The fourth-order valence-corrected chi connectivity index (χ4v) is 3.90. The van der Waals surface area contributed by atoms with Crippen molar-refractivity contribution < 1.29 is 4.79 Å². The van der Waals surface area contributed by atoms with Gasteiger partial charge in [-0.25, -0.2) is 0 Å². The molecule has 0 bridgehead atoms. The Hall–Kier alpha value is -3.61. The molecule has 1 aromatic heterocycles. The van der Waals surface area contributed by atoms with Crippen LogP contribution in [-0.4, -0.2) is 41.8 Å². The quantitative estimate of drug-likeness (QED) is 0.478. The molecule has 2 aromatic carbocycles. The van der Waals surface area contributed by atoms with Gasteiger partial charge in [0.25, 0.3) is 0 Å². The molecule has 1 amide bonds. The lowest BCUT2D eigenvalue weighted by molar-refractivity contribution is -0.117. The number of para-hydroxylation sites is 1. The highest BCUT2D eigenvalue weighted by molar-refractivity contribution is 5.98. The van der Waals surface area contributed by atoms with Gasteiger partial charge in [0.15, 0.2) is 5.96 Å². The highest BCUT2D eigenvalue weighted by Gasteiger charge is 2.22. The normalized spacial score (nSPS) is 13.6. The average molecular weight is 417 g/mol. The monoisotopic (exact) mass is 416 g/mol. The second-order valence-electron chi connectivity index (χ2n) is 7.53. The Kier molecular flexibility index (Phi) is 6.62. The van der Waals surface area contributed by atoms with Crippen LogP contribution in [0.25, 0.3) is 0 Å². The van der Waals surface area contributed by atoms with Crippen molar-refractivity contribution >= 4 is 17.6 Å². The molecule has 1 aliphatic heterocycles. The molecule has 31 heavy (non-hydrogen) atoms. The minimum Gasteiger partial charge on any atom is -0.352 e. The summed E-state index contributed by atoms with van der Waals surface area (Å²) in [4.78, 5) is 19.0. The van der Waals surface area contributed by atoms with Gasteiger partial charge in [-0.05, 0) is 41.7 Å². The number of guanidine groups is 1. The summed E-state index contributed by atoms with van der Waals surface area (Å²) in [5, 5.41) is 10.8. The van der Waals surface area contributed by atoms with E-state index in [0.29, 0.717) is 19.0 Å². The first-order chi connectivity index (χ1) is 15.2. The van der Waals surface area contributed by atoms with E-state index in [-0.39, 0.29) is 12.5 Å². The van der Waals surface area contributed by atoms with Gasteiger partial charge in [-0.15, -0.1) is 0 Å². The van der Waals surface area contributed by atoms with E-state index < -0.39 is 0 Å². The van der Waals surface area contributed by atoms with Crippen LogP contribution in [0.5, 0.6) is 0 Å². The molecule has 2 heterocycles. The zero-order valence-electron chi connectivity index (χ0n) is 17.8. The Morgan fingerprint density at radius 1 is 1.06 bits per heavy atom. The SMILES string of the molecule is CN=C(NCC(=O)N1CCCc2ccccc21)NCc1ccccc1Cn1cccn1. The van der Waals surface area contributed by atoms with Crippen LogP contribution in [0.3, 0.4) is 0 Å². The topological polar surface area (TPSA) is 74.6 Å². The third-order valence-electron chi connectivity index (χ3n) is 5.50. The number of aryl methyl sites for hydroxylation is 1. The summed E-state index contributed by atoms with van der Waals surface area (Å²) >= 11 is 0. The van der Waals surface area contributed by atoms with Crippen molar-refractivity contribution in [2.45, 2.75) is 25.9 Å². The van der Waals surface area contributed by atoms with E-state index in [1.165, 1.54) is 11.1 Å². The van der Waals surface area contributed by atoms with Gasteiger partial charge in [-0.3, -0.25) is 14.5 Å². The summed E-state index contributed by atoms with van der Waals surface area (Å²) in [6.45, 7) is 2.27. The number of amides is 1. The van der Waals surface area contributed by atoms with Gasteiger partial charge in [0, 0.05) is 38.2 Å². The number of rotatable bonds is 6. The number of benzene rings is 2. The van der Waals surface area contributed by atoms with E-state index in [0.717, 1.165) is 30.6 Å². The Morgan fingerprint density at radius 2 is 1.87 bits per heavy atom. The predicted molar refractivity (Wildman–Crippen MR) is 123 cm³/mol. The van der Waals surface area contributed by atoms with Crippen molar-refractivity contribution in [1.29, 1.82) is 0 Å². The number of hydrogen-bond acceptors (Lipinski definition) is 3. The summed E-state index contributed by atoms with van der Waals surface area (Å²) < 4.78 is 1.90. The maximum Gasteiger partial charge on any atom is 0.246 e. The molecular formula is C24H28N6O. The molecular weight excluding hydrogens is 388 g/mol. The van der Waals surface area contributed by atoms with Crippen LogP contribution in [0.1, 0.15) is 23.1 Å². The molecule has 4 rings (SSSR count). The van der Waals surface area contributed by atoms with Crippen LogP contribution < -0.4 is 15.5 Å². The van der Waals surface area contributed by atoms with E-state index >= 15 is 0 Å². The Labute approximate surface area is 182 Å². The number of aliphatic imine (C=N–C) groups is 1. The fourth-order valence-electron chi connectivity index (χ4n) is 3.90. The summed E-state index contributed by atoms with van der Waals surface area (Å²) in [6.07, 6.45) is 5.75. The highest BCUT2D eigenvalue weighted by Crippen LogP contribution is 2.26. The molecule has 0 saturated heterocycles. The zero-order chi connectivity index (χ0) is 21.5. The third-order valence-corrected chi connectivity index (χ3v) is 5.50. The molecule has 0 unspecified atom stereocenters. The lowest BCUT2D eigenvalue weighted by Crippen LogP contribution is -2.46. The van der Waals surface area contributed by atoms with Gasteiger partial charge in [0.05, 0.1) is 13.1 Å². The standard InChI is InChI=1S/C24H28N6O/c1-25-24(26-16-20-9-2-3-10-21(20)18-29-14-7-13-28-29)27-17-23(31)30-15-6-11-19-8-4-5-12-22(19)30/h2-5,7-10,12-14H,6,11,15-18H2,1H3,(H2,25,26,27). The lowest BCUT2D eigenvalue weighted by Gasteiger charge is -2.29. The molecule has 7 nitrogen and oxygen atoms in total. The third kappa shape index (κ3) is 5.12. The first-order valence-corrected chi connectivity index (χ1v) is 10.6. The molecule has 7 heteroatoms. The van der Waals surface area contributed by atoms with Crippen LogP contribution in [0.2, 0.25) is 0 Å². The summed E-state index contributed by atoms with van der Waals surface area (Å²) in [6, 6.07) is 18.3. The largest absolute Gasteiger partial charge is 0.352 e. The molecule has 0 saturated carbocycles. The Bertz CT molecular complexity index is 1040. The van der Waals surface area contributed by atoms with Crippen molar-refractivity contribution in [2.24, 2.45) is 4.99 Å². The van der Waals surface area contributed by atoms with Crippen LogP contribution in [0, 0.1) is 0 Å². The first-order valence-electron chi connectivity index (χ1n) is 10.6. The fraction of sp³-hybridized carbons (Fsp3) is 0.292. The molecule has 3 aromatic rings. The number of carbonyl (C=O) groups excluding carboxylic acids is 1. The van der Waals surface area contributed by atoms with Gasteiger partial charge in [-0.2, -0.15) is 5.10 Å². The molecule has 0 fully saturated rings. The van der Waals surface area contributed by atoms with Gasteiger partial charge in [0.2, 0.25) is 5.91 Å². The smallest absolute Gasteiger partial charge is 0.246 e. The minimum atomic E-state index is 0.0502. The van der Waals surface area contributed by atoms with Crippen LogP contribution in [-0.2, 0) is 24.3 Å². The molecule has 2 N–H and O–H groups in total. The number of nitrogens with one attached hydrogen (secondary N) is 2. The second-order valence-corrected chi connectivity index (χ2v) is 7.53. The first kappa shape index (κ1) is 20.7. The predicted octanol–water partition coefficient (Wildman–Crippen LogP) is 2.58. The molecule has 0 atom stereocenters. The maximum absolute atomic E-state index is 12.9. The average Bonchev–Trinajstić information content (AvgIpc) is 3.32. The van der Waals surface area contributed by atoms with Crippen LogP contribution >= 0.6 is 0 Å². The number of aromatic nitrogens is 2. The van der Waals surface area contributed by atoms with Crippen LogP contribution in [0.15, 0.2) is 72.0 Å². The van der Waals surface area contributed by atoms with Crippen molar-refractivity contribution in [3.05, 3.63) is 83.7 Å². The maximum atomic E-state index is 12.9. The highest BCUT2D eigenvalue weighted by atomic mass is 16.2. The Balaban J connectivity index is 1.34. The number of hydrogen-bond donors (Lipinski definition) is 2. The number of nitrogens with zero attached hydrogens (tertiary/aromatic N) is 4. The van der Waals surface area contributed by atoms with Gasteiger partial charge in [-0.1, -0.05) is 42.5 Å². The van der Waals surface area contributed by atoms with E-state index in [1.54, 1.807) is 13.2 Å². The lowest BCUT2D eigenvalue weighted by atomic mass is 10.0. The number of carbonyl (C=O) groups is 1. The van der Waals surface area contributed by atoms with Crippen molar-refractivity contribution in [2.75, 3.05) is 25.0 Å². The molecule has 0 aliphatic carbocycles. The van der Waals surface area contributed by atoms with E-state index in [4.69, 9.17) is 0 Å². The molecule has 0 radical (unpaired) electrons. The molecule has 160 valence electrons. The number of anilines is 1. The number of fused-ring (bicyclic) bond motifs is 1. The van der Waals surface area contributed by atoms with Crippen molar-refractivity contribution in [3.8, 4) is 0 Å². The summed E-state index contributed by atoms with van der Waals surface area (Å²) in [5.41, 5.74) is 4.61. The van der Waals surface area contributed by atoms with E-state index in [2.05, 4.69) is 38.9 Å². The minimum absolute atomic E-state index is 0.0502. The van der Waals surface area contributed by atoms with Gasteiger partial charge >= 0.3 is 0 Å². The molecule has 0 spiro atoms. The van der Waals surface area contributed by atoms with Crippen molar-refractivity contribution in [1.82, 2.24) is 20.4 Å². The van der Waals surface area contributed by atoms with Crippen LogP contribution in [0.4, 0.5) is 5.69 Å². The zero-order valence-corrected chi connectivity index (χ0v) is 17.8. The molecule has 1 aliphatic rings. The van der Waals surface area contributed by atoms with Gasteiger partial charge < -0.3 is 15.5 Å². The second kappa shape index (κ2) is 9.93. The van der Waals surface area contributed by atoms with E-state index in [1.807, 2.05) is 52.2 Å².